The summed E-state index contributed by atoms with van der Waals surface area (Å²) >= 11 is 0. The Balaban J connectivity index is 2.97. The maximum Gasteiger partial charge on any atom is 0.307 e. The molecule has 0 radical (unpaired) electrons. The number of nitrogens with one attached hydrogen (secondary N) is 1. The van der Waals surface area contributed by atoms with Crippen LogP contribution < -0.4 is 11.1 Å². The fourth-order valence-corrected chi connectivity index (χ4v) is 3.67. The minimum absolute atomic E-state index is 0.168. The third-order valence-electron chi connectivity index (χ3n) is 5.30. The number of carbonyl (C=O) groups excluding carboxylic acids is 3. The monoisotopic (exact) mass is 354 g/mol. The largest absolute Gasteiger partial charge is 0.469 e. The number of Topliss-reactive ketones (excluding diaryl/α,β-unsaturated/α-hetero) is 1. The van der Waals surface area contributed by atoms with E-state index in [0.717, 1.165) is 38.5 Å². The topological polar surface area (TPSA) is 98.5 Å². The Hall–Kier alpha value is -1.43. The molecule has 0 bridgehead atoms. The van der Waals surface area contributed by atoms with Crippen LogP contribution in [0.2, 0.25) is 0 Å². The van der Waals surface area contributed by atoms with E-state index in [1.165, 1.54) is 7.11 Å². The number of ether oxygens (including phenoxy) is 1. The van der Waals surface area contributed by atoms with Crippen molar-refractivity contribution in [3.63, 3.8) is 0 Å². The quantitative estimate of drug-likeness (QED) is 0.438. The van der Waals surface area contributed by atoms with Gasteiger partial charge in [-0.1, -0.05) is 39.5 Å². The van der Waals surface area contributed by atoms with Gasteiger partial charge < -0.3 is 15.8 Å². The Bertz CT molecular complexity index is 466. The predicted octanol–water partition coefficient (Wildman–Crippen LogP) is 2.34. The second-order valence-corrected chi connectivity index (χ2v) is 7.10. The van der Waals surface area contributed by atoms with Gasteiger partial charge in [-0.3, -0.25) is 14.4 Å². The molecule has 0 saturated carbocycles. The Morgan fingerprint density at radius 1 is 1.32 bits per heavy atom. The fraction of sp³-hybridized carbons (Fsp3) is 0.842. The van der Waals surface area contributed by atoms with Crippen LogP contribution in [-0.2, 0) is 19.1 Å². The Labute approximate surface area is 151 Å². The molecule has 0 aromatic rings. The van der Waals surface area contributed by atoms with Gasteiger partial charge in [0.15, 0.2) is 5.78 Å². The van der Waals surface area contributed by atoms with E-state index in [1.54, 1.807) is 0 Å². The van der Waals surface area contributed by atoms with Crippen molar-refractivity contribution in [2.24, 2.45) is 17.6 Å². The number of carbonyl (C=O) groups is 3. The first kappa shape index (κ1) is 21.6. The molecule has 1 rings (SSSR count). The molecule has 1 heterocycles. The molecule has 1 fully saturated rings. The average Bonchev–Trinajstić information content (AvgIpc) is 2.61. The number of nitrogens with two attached hydrogens (primary N) is 1. The molecule has 25 heavy (non-hydrogen) atoms. The van der Waals surface area contributed by atoms with Crippen LogP contribution in [0.3, 0.4) is 0 Å². The highest BCUT2D eigenvalue weighted by Crippen LogP contribution is 2.32. The van der Waals surface area contributed by atoms with Crippen LogP contribution in [0.15, 0.2) is 0 Å². The van der Waals surface area contributed by atoms with E-state index < -0.39 is 17.4 Å². The lowest BCUT2D eigenvalue weighted by Gasteiger charge is -2.38. The number of hydrogen-bond donors (Lipinski definition) is 2. The number of amides is 1. The smallest absolute Gasteiger partial charge is 0.307 e. The molecule has 0 aromatic heterocycles. The molecule has 0 aromatic carbocycles. The van der Waals surface area contributed by atoms with Crippen molar-refractivity contribution in [2.45, 2.75) is 77.2 Å². The zero-order valence-corrected chi connectivity index (χ0v) is 15.9. The minimum Gasteiger partial charge on any atom is -0.469 e. The highest BCUT2D eigenvalue weighted by molar-refractivity contribution is 5.99. The van der Waals surface area contributed by atoms with Crippen molar-refractivity contribution >= 4 is 17.7 Å². The number of hydrogen-bond acceptors (Lipinski definition) is 5. The normalized spacial score (nSPS) is 21.1. The predicted molar refractivity (Wildman–Crippen MR) is 96.8 cm³/mol. The minimum atomic E-state index is -1.48. The molecule has 2 unspecified atom stereocenters. The van der Waals surface area contributed by atoms with Gasteiger partial charge in [0, 0.05) is 12.5 Å². The highest BCUT2D eigenvalue weighted by atomic mass is 16.5. The van der Waals surface area contributed by atoms with E-state index in [-0.39, 0.29) is 24.0 Å². The molecular weight excluding hydrogens is 320 g/mol. The van der Waals surface area contributed by atoms with Crippen LogP contribution in [0.5, 0.6) is 0 Å². The first-order valence-corrected chi connectivity index (χ1v) is 9.58. The van der Waals surface area contributed by atoms with Crippen LogP contribution in [-0.4, -0.2) is 36.9 Å². The van der Waals surface area contributed by atoms with Crippen molar-refractivity contribution < 1.29 is 19.1 Å². The van der Waals surface area contributed by atoms with Gasteiger partial charge in [-0.2, -0.15) is 0 Å². The molecule has 3 atom stereocenters. The summed E-state index contributed by atoms with van der Waals surface area (Å²) in [5.41, 5.74) is 5.00. The van der Waals surface area contributed by atoms with Gasteiger partial charge in [0.1, 0.15) is 0 Å². The van der Waals surface area contributed by atoms with E-state index in [4.69, 9.17) is 10.5 Å². The summed E-state index contributed by atoms with van der Waals surface area (Å²) in [4.78, 5) is 37.5. The molecule has 6 heteroatoms. The van der Waals surface area contributed by atoms with Crippen molar-refractivity contribution in [1.29, 1.82) is 0 Å². The molecule has 1 saturated heterocycles. The van der Waals surface area contributed by atoms with Gasteiger partial charge in [0.25, 0.3) is 0 Å². The Kier molecular flexibility index (Phi) is 9.11. The number of rotatable bonds is 11. The number of ketones is 1. The average molecular weight is 354 g/mol. The molecule has 144 valence electrons. The molecule has 1 amide bonds. The maximum absolute atomic E-state index is 13.2. The molecule has 0 spiro atoms. The van der Waals surface area contributed by atoms with Crippen molar-refractivity contribution in [3.8, 4) is 0 Å². The maximum atomic E-state index is 13.2. The third-order valence-corrected chi connectivity index (χ3v) is 5.30. The lowest BCUT2D eigenvalue weighted by atomic mass is 9.70. The standard InChI is InChI=1S/C19H34N2O4/c1-4-6-7-8-10-14(5-2)17(23)19(20,13-16(22)25-3)15-11-9-12-21-18(15)24/h14-15H,4-13,20H2,1-3H3,(H,21,24)/t14?,15-,19?/m1/s1. The van der Waals surface area contributed by atoms with Crippen LogP contribution in [0, 0.1) is 11.8 Å². The summed E-state index contributed by atoms with van der Waals surface area (Å²) < 4.78 is 4.75. The van der Waals surface area contributed by atoms with Gasteiger partial charge in [0.05, 0.1) is 25.0 Å². The van der Waals surface area contributed by atoms with Crippen LogP contribution in [0.4, 0.5) is 0 Å². The zero-order chi connectivity index (χ0) is 18.9. The van der Waals surface area contributed by atoms with E-state index in [0.29, 0.717) is 19.4 Å². The van der Waals surface area contributed by atoms with Crippen molar-refractivity contribution in [2.75, 3.05) is 13.7 Å². The molecule has 0 aliphatic carbocycles. The molecule has 3 N–H and O–H groups in total. The number of methoxy groups -OCH3 is 1. The van der Waals surface area contributed by atoms with Gasteiger partial charge >= 0.3 is 5.97 Å². The van der Waals surface area contributed by atoms with E-state index in [2.05, 4.69) is 12.2 Å². The van der Waals surface area contributed by atoms with Gasteiger partial charge in [0.2, 0.25) is 5.91 Å². The first-order valence-electron chi connectivity index (χ1n) is 9.58. The molecular formula is C19H34N2O4. The summed E-state index contributed by atoms with van der Waals surface area (Å²) in [5, 5.41) is 2.78. The summed E-state index contributed by atoms with van der Waals surface area (Å²) in [7, 11) is 1.27. The highest BCUT2D eigenvalue weighted by Gasteiger charge is 2.49. The Morgan fingerprint density at radius 2 is 2.04 bits per heavy atom. The summed E-state index contributed by atoms with van der Waals surface area (Å²) in [6.07, 6.45) is 6.79. The molecule has 1 aliphatic rings. The van der Waals surface area contributed by atoms with Gasteiger partial charge in [-0.05, 0) is 25.7 Å². The lowest BCUT2D eigenvalue weighted by Crippen LogP contribution is -2.62. The van der Waals surface area contributed by atoms with E-state index >= 15 is 0 Å². The van der Waals surface area contributed by atoms with Crippen LogP contribution in [0.25, 0.3) is 0 Å². The van der Waals surface area contributed by atoms with Crippen molar-refractivity contribution in [1.82, 2.24) is 5.32 Å². The van der Waals surface area contributed by atoms with Crippen LogP contribution in [0.1, 0.15) is 71.6 Å². The lowest BCUT2D eigenvalue weighted by molar-refractivity contribution is -0.149. The van der Waals surface area contributed by atoms with E-state index in [9.17, 15) is 14.4 Å². The van der Waals surface area contributed by atoms with Gasteiger partial charge in [-0.15, -0.1) is 0 Å². The first-order chi connectivity index (χ1) is 11.9. The van der Waals surface area contributed by atoms with Crippen LogP contribution >= 0.6 is 0 Å². The number of unbranched alkanes of at least 4 members (excludes halogenated alkanes) is 3. The van der Waals surface area contributed by atoms with Crippen molar-refractivity contribution in [3.05, 3.63) is 0 Å². The van der Waals surface area contributed by atoms with E-state index in [1.807, 2.05) is 6.92 Å². The zero-order valence-electron chi connectivity index (χ0n) is 15.9. The third kappa shape index (κ3) is 5.80. The number of esters is 1. The summed E-state index contributed by atoms with van der Waals surface area (Å²) in [6, 6.07) is 0. The SMILES string of the molecule is CCCCCCC(CC)C(=O)C(N)(CC(=O)OC)[C@@H]1CCCNC1=O. The number of piperidine rings is 1. The summed E-state index contributed by atoms with van der Waals surface area (Å²) in [6.45, 7) is 4.69. The Morgan fingerprint density at radius 3 is 2.60 bits per heavy atom. The second kappa shape index (κ2) is 10.5. The molecule has 6 nitrogen and oxygen atoms in total. The second-order valence-electron chi connectivity index (χ2n) is 7.10. The van der Waals surface area contributed by atoms with Gasteiger partial charge in [-0.25, -0.2) is 0 Å². The fourth-order valence-electron chi connectivity index (χ4n) is 3.67. The summed E-state index contributed by atoms with van der Waals surface area (Å²) in [5.74, 6) is -1.83. The molecule has 1 aliphatic heterocycles.